The monoisotopic (exact) mass is 392 g/mol. The number of hydrogen-bond donors (Lipinski definition) is 0. The van der Waals surface area contributed by atoms with Crippen LogP contribution in [0.25, 0.3) is 0 Å². The molecule has 0 aliphatic carbocycles. The van der Waals surface area contributed by atoms with Gasteiger partial charge in [0.25, 0.3) is 0 Å². The number of aryl methyl sites for hydroxylation is 1. The molecule has 1 saturated heterocycles. The van der Waals surface area contributed by atoms with Crippen molar-refractivity contribution < 1.29 is 17.9 Å². The lowest BCUT2D eigenvalue weighted by molar-refractivity contribution is -0.137. The van der Waals surface area contributed by atoms with Gasteiger partial charge in [0.1, 0.15) is 12.4 Å². The Morgan fingerprint density at radius 2 is 1.71 bits per heavy atom. The molecule has 0 bridgehead atoms. The number of rotatable bonds is 7. The van der Waals surface area contributed by atoms with Crippen LogP contribution in [-0.2, 0) is 19.2 Å². The molecule has 28 heavy (non-hydrogen) atoms. The largest absolute Gasteiger partial charge is 0.489 e. The summed E-state index contributed by atoms with van der Waals surface area (Å²) >= 11 is 0. The number of benzene rings is 2. The summed E-state index contributed by atoms with van der Waals surface area (Å²) in [5.41, 5.74) is 0.972. The van der Waals surface area contributed by atoms with E-state index in [-0.39, 0.29) is 6.61 Å². The summed E-state index contributed by atoms with van der Waals surface area (Å²) in [5.74, 6) is 0.748. The van der Waals surface area contributed by atoms with Crippen molar-refractivity contribution in [1.82, 2.24) is 9.80 Å². The smallest absolute Gasteiger partial charge is 0.416 e. The third-order valence-corrected chi connectivity index (χ3v) is 5.14. The van der Waals surface area contributed by atoms with Gasteiger partial charge in [-0.15, -0.1) is 0 Å². The average molecular weight is 392 g/mol. The van der Waals surface area contributed by atoms with Crippen molar-refractivity contribution in [2.75, 3.05) is 39.8 Å². The summed E-state index contributed by atoms with van der Waals surface area (Å²) in [6, 6.07) is 13.1. The van der Waals surface area contributed by atoms with E-state index >= 15 is 0 Å². The first-order valence-electron chi connectivity index (χ1n) is 9.69. The first kappa shape index (κ1) is 20.7. The van der Waals surface area contributed by atoms with Gasteiger partial charge in [0.15, 0.2) is 0 Å². The van der Waals surface area contributed by atoms with E-state index in [0.717, 1.165) is 69.0 Å². The number of piperazine rings is 1. The van der Waals surface area contributed by atoms with E-state index in [1.165, 1.54) is 6.07 Å². The Labute approximate surface area is 164 Å². The second-order valence-corrected chi connectivity index (χ2v) is 7.34. The number of ether oxygens (including phenoxy) is 1. The number of nitrogens with zero attached hydrogens (tertiary/aromatic N) is 2. The molecular weight excluding hydrogens is 365 g/mol. The van der Waals surface area contributed by atoms with Crippen molar-refractivity contribution in [1.29, 1.82) is 0 Å². The second-order valence-electron chi connectivity index (χ2n) is 7.34. The molecule has 1 aliphatic rings. The van der Waals surface area contributed by atoms with Crippen molar-refractivity contribution in [2.24, 2.45) is 0 Å². The molecule has 0 atom stereocenters. The number of halogens is 3. The van der Waals surface area contributed by atoms with Crippen molar-refractivity contribution in [2.45, 2.75) is 25.6 Å². The Kier molecular flexibility index (Phi) is 6.97. The van der Waals surface area contributed by atoms with Crippen molar-refractivity contribution in [3.8, 4) is 5.75 Å². The summed E-state index contributed by atoms with van der Waals surface area (Å²) in [7, 11) is 2.15. The maximum atomic E-state index is 12.9. The topological polar surface area (TPSA) is 15.7 Å². The van der Waals surface area contributed by atoms with Crippen LogP contribution >= 0.6 is 0 Å². The van der Waals surface area contributed by atoms with Gasteiger partial charge < -0.3 is 14.5 Å². The minimum absolute atomic E-state index is 0.124. The highest BCUT2D eigenvalue weighted by molar-refractivity contribution is 5.34. The summed E-state index contributed by atoms with van der Waals surface area (Å²) < 4.78 is 44.4. The molecule has 0 aromatic heterocycles. The fourth-order valence-electron chi connectivity index (χ4n) is 3.41. The van der Waals surface area contributed by atoms with E-state index in [0.29, 0.717) is 5.56 Å². The zero-order valence-electron chi connectivity index (χ0n) is 16.2. The third-order valence-electron chi connectivity index (χ3n) is 5.14. The van der Waals surface area contributed by atoms with E-state index in [1.807, 2.05) is 24.3 Å². The molecule has 1 fully saturated rings. The zero-order valence-corrected chi connectivity index (χ0v) is 16.2. The first-order chi connectivity index (χ1) is 13.4. The van der Waals surface area contributed by atoms with Crippen molar-refractivity contribution >= 4 is 0 Å². The fraction of sp³-hybridized carbons (Fsp3) is 0.455. The van der Waals surface area contributed by atoms with Gasteiger partial charge in [-0.1, -0.05) is 30.3 Å². The molecule has 3 nitrogen and oxygen atoms in total. The maximum absolute atomic E-state index is 12.9. The predicted molar refractivity (Wildman–Crippen MR) is 104 cm³/mol. The molecule has 2 aromatic carbocycles. The molecule has 0 radical (unpaired) electrons. The lowest BCUT2D eigenvalue weighted by Gasteiger charge is -2.32. The summed E-state index contributed by atoms with van der Waals surface area (Å²) in [4.78, 5) is 4.82. The van der Waals surface area contributed by atoms with Crippen LogP contribution in [0, 0.1) is 0 Å². The standard InChI is InChI=1S/C22H27F3N2O/c1-26-12-14-27(15-13-26)11-5-8-19-7-2-3-10-21(19)28-17-18-6-4-9-20(16-18)22(23,24)25/h2-4,6-7,9-10,16H,5,8,11-15,17H2,1H3. The third kappa shape index (κ3) is 5.97. The van der Waals surface area contributed by atoms with Crippen LogP contribution in [0.15, 0.2) is 48.5 Å². The number of hydrogen-bond acceptors (Lipinski definition) is 3. The van der Waals surface area contributed by atoms with Crippen LogP contribution in [0.3, 0.4) is 0 Å². The Balaban J connectivity index is 1.54. The summed E-state index contributed by atoms with van der Waals surface area (Å²) in [5, 5.41) is 0. The van der Waals surface area contributed by atoms with Crippen LogP contribution in [0.5, 0.6) is 5.75 Å². The molecular formula is C22H27F3N2O. The number of likely N-dealkylation sites (N-methyl/N-ethyl adjacent to an activating group) is 1. The Bertz CT molecular complexity index is 755. The van der Waals surface area contributed by atoms with E-state index < -0.39 is 11.7 Å². The maximum Gasteiger partial charge on any atom is 0.416 e. The van der Waals surface area contributed by atoms with Crippen LogP contribution in [0.1, 0.15) is 23.1 Å². The minimum atomic E-state index is -4.34. The second kappa shape index (κ2) is 9.43. The molecule has 3 rings (SSSR count). The number of alkyl halides is 3. The van der Waals surface area contributed by atoms with Crippen LogP contribution in [0.4, 0.5) is 13.2 Å². The van der Waals surface area contributed by atoms with Crippen LogP contribution < -0.4 is 4.74 Å². The van der Waals surface area contributed by atoms with E-state index in [1.54, 1.807) is 6.07 Å². The van der Waals surface area contributed by atoms with Crippen molar-refractivity contribution in [3.05, 3.63) is 65.2 Å². The molecule has 0 N–H and O–H groups in total. The first-order valence-corrected chi connectivity index (χ1v) is 9.69. The number of para-hydroxylation sites is 1. The molecule has 1 aliphatic heterocycles. The lowest BCUT2D eigenvalue weighted by Crippen LogP contribution is -2.44. The highest BCUT2D eigenvalue weighted by atomic mass is 19.4. The van der Waals surface area contributed by atoms with Gasteiger partial charge >= 0.3 is 6.18 Å². The molecule has 2 aromatic rings. The predicted octanol–water partition coefficient (Wildman–Crippen LogP) is 4.46. The molecule has 6 heteroatoms. The van der Waals surface area contributed by atoms with E-state index in [4.69, 9.17) is 4.74 Å². The van der Waals surface area contributed by atoms with Gasteiger partial charge in [-0.2, -0.15) is 13.2 Å². The van der Waals surface area contributed by atoms with Gasteiger partial charge in [0, 0.05) is 26.2 Å². The van der Waals surface area contributed by atoms with Gasteiger partial charge in [-0.3, -0.25) is 0 Å². The highest BCUT2D eigenvalue weighted by Gasteiger charge is 2.30. The quantitative estimate of drug-likeness (QED) is 0.692. The van der Waals surface area contributed by atoms with E-state index in [9.17, 15) is 13.2 Å². The van der Waals surface area contributed by atoms with Gasteiger partial charge in [-0.25, -0.2) is 0 Å². The average Bonchev–Trinajstić information content (AvgIpc) is 2.68. The molecule has 0 unspecified atom stereocenters. The van der Waals surface area contributed by atoms with E-state index in [2.05, 4.69) is 16.8 Å². The van der Waals surface area contributed by atoms with Gasteiger partial charge in [0.05, 0.1) is 5.56 Å². The molecule has 0 spiro atoms. The highest BCUT2D eigenvalue weighted by Crippen LogP contribution is 2.30. The normalized spacial score (nSPS) is 16.3. The Morgan fingerprint density at radius 1 is 0.964 bits per heavy atom. The van der Waals surface area contributed by atoms with Crippen LogP contribution in [-0.4, -0.2) is 49.6 Å². The van der Waals surface area contributed by atoms with Gasteiger partial charge in [-0.05, 0) is 55.8 Å². The lowest BCUT2D eigenvalue weighted by atomic mass is 10.1. The molecule has 0 saturated carbocycles. The SMILES string of the molecule is CN1CCN(CCCc2ccccc2OCc2cccc(C(F)(F)F)c2)CC1. The van der Waals surface area contributed by atoms with Crippen LogP contribution in [0.2, 0.25) is 0 Å². The molecule has 0 amide bonds. The van der Waals surface area contributed by atoms with Crippen molar-refractivity contribution in [3.63, 3.8) is 0 Å². The zero-order chi connectivity index (χ0) is 20.0. The molecule has 152 valence electrons. The molecule has 1 heterocycles. The van der Waals surface area contributed by atoms with Gasteiger partial charge in [0.2, 0.25) is 0 Å². The summed E-state index contributed by atoms with van der Waals surface area (Å²) in [6.45, 7) is 5.59. The fourth-order valence-corrected chi connectivity index (χ4v) is 3.41. The minimum Gasteiger partial charge on any atom is -0.489 e. The Morgan fingerprint density at radius 3 is 2.46 bits per heavy atom. The summed E-state index contributed by atoms with van der Waals surface area (Å²) in [6.07, 6.45) is -2.41. The Hall–Kier alpha value is -2.05.